The molecule has 0 aliphatic rings. The number of ether oxygens (including phenoxy) is 1. The molecule has 0 saturated carbocycles. The maximum absolute atomic E-state index is 12.6. The lowest BCUT2D eigenvalue weighted by Gasteiger charge is -2.28. The average Bonchev–Trinajstić information content (AvgIpc) is 2.52. The normalized spacial score (nSPS) is 11.8. The van der Waals surface area contributed by atoms with Crippen molar-refractivity contribution in [1.29, 1.82) is 0 Å². The molecule has 1 aromatic carbocycles. The summed E-state index contributed by atoms with van der Waals surface area (Å²) >= 11 is 0.249. The third-order valence-electron chi connectivity index (χ3n) is 3.98. The zero-order valence-corrected chi connectivity index (χ0v) is 18.3. The number of phenolic OH excluding ortho intramolecular Hbond substituents is 1. The Balaban J connectivity index is 3.19. The van der Waals surface area contributed by atoms with Crippen LogP contribution in [0.15, 0.2) is 12.1 Å². The van der Waals surface area contributed by atoms with Gasteiger partial charge in [-0.2, -0.15) is 0 Å². The van der Waals surface area contributed by atoms with Crippen molar-refractivity contribution in [3.05, 3.63) is 28.8 Å². The standard InChI is InChI=1S/C21H28O6S/c1-8-27-16(23)11-15(22)19(26)28-18(25)12-9-13(20(2,3)4)17(24)14(10-12)21(5,6)7/h9-10,24H,8,11H2,1-7H3. The second-order valence-corrected chi connectivity index (χ2v) is 9.45. The van der Waals surface area contributed by atoms with E-state index >= 15 is 0 Å². The van der Waals surface area contributed by atoms with Gasteiger partial charge < -0.3 is 9.84 Å². The summed E-state index contributed by atoms with van der Waals surface area (Å²) in [5, 5.41) is 9.07. The van der Waals surface area contributed by atoms with Gasteiger partial charge in [0.25, 0.3) is 5.12 Å². The fourth-order valence-electron chi connectivity index (χ4n) is 2.51. The first kappa shape index (κ1) is 23.9. The van der Waals surface area contributed by atoms with E-state index in [0.717, 1.165) is 0 Å². The van der Waals surface area contributed by atoms with Gasteiger partial charge in [0.1, 0.15) is 12.2 Å². The summed E-state index contributed by atoms with van der Waals surface area (Å²) in [7, 11) is 0. The second-order valence-electron chi connectivity index (χ2n) is 8.50. The number of carbonyl (C=O) groups is 4. The first-order valence-electron chi connectivity index (χ1n) is 9.01. The van der Waals surface area contributed by atoms with Crippen LogP contribution in [-0.4, -0.2) is 33.7 Å². The van der Waals surface area contributed by atoms with Crippen molar-refractivity contribution >= 4 is 33.7 Å². The highest BCUT2D eigenvalue weighted by Gasteiger charge is 2.29. The molecule has 6 nitrogen and oxygen atoms in total. The topological polar surface area (TPSA) is 97.7 Å². The molecular weight excluding hydrogens is 380 g/mol. The van der Waals surface area contributed by atoms with E-state index in [9.17, 15) is 24.3 Å². The van der Waals surface area contributed by atoms with Crippen molar-refractivity contribution in [3.8, 4) is 5.75 Å². The SMILES string of the molecule is CCOC(=O)CC(=O)C(=O)SC(=O)c1cc(C(C)(C)C)c(O)c(C(C)(C)C)c1. The highest BCUT2D eigenvalue weighted by atomic mass is 32.2. The zero-order chi connectivity index (χ0) is 21.9. The van der Waals surface area contributed by atoms with E-state index in [1.165, 1.54) is 0 Å². The van der Waals surface area contributed by atoms with Gasteiger partial charge in [-0.3, -0.25) is 19.2 Å². The van der Waals surface area contributed by atoms with Crippen LogP contribution in [0.5, 0.6) is 5.75 Å². The van der Waals surface area contributed by atoms with Crippen molar-refractivity contribution < 1.29 is 29.0 Å². The summed E-state index contributed by atoms with van der Waals surface area (Å²) in [6.45, 7) is 13.1. The Bertz CT molecular complexity index is 761. The number of Topliss-reactive ketones (excluding diaryl/α,β-unsaturated/α-hetero) is 1. The summed E-state index contributed by atoms with van der Waals surface area (Å²) in [4.78, 5) is 47.8. The van der Waals surface area contributed by atoms with Gasteiger partial charge in [-0.15, -0.1) is 0 Å². The molecule has 0 aromatic heterocycles. The van der Waals surface area contributed by atoms with Gasteiger partial charge in [-0.05, 0) is 29.9 Å². The van der Waals surface area contributed by atoms with Crippen LogP contribution in [0.1, 0.15) is 76.4 Å². The Morgan fingerprint density at radius 3 is 1.82 bits per heavy atom. The zero-order valence-electron chi connectivity index (χ0n) is 17.5. The van der Waals surface area contributed by atoms with Crippen LogP contribution < -0.4 is 0 Å². The number of rotatable bonds is 5. The Morgan fingerprint density at radius 1 is 0.964 bits per heavy atom. The van der Waals surface area contributed by atoms with E-state index in [2.05, 4.69) is 4.74 Å². The lowest BCUT2D eigenvalue weighted by molar-refractivity contribution is -0.147. The fourth-order valence-corrected chi connectivity index (χ4v) is 3.10. The van der Waals surface area contributed by atoms with Gasteiger partial charge in [0, 0.05) is 28.5 Å². The lowest BCUT2D eigenvalue weighted by atomic mass is 9.78. The summed E-state index contributed by atoms with van der Waals surface area (Å²) < 4.78 is 4.64. The first-order chi connectivity index (χ1) is 12.7. The van der Waals surface area contributed by atoms with Crippen molar-refractivity contribution in [1.82, 2.24) is 0 Å². The highest BCUT2D eigenvalue weighted by molar-refractivity contribution is 8.28. The molecule has 154 valence electrons. The quantitative estimate of drug-likeness (QED) is 0.448. The van der Waals surface area contributed by atoms with Crippen molar-refractivity contribution in [2.24, 2.45) is 0 Å². The number of ketones is 1. The lowest BCUT2D eigenvalue weighted by Crippen LogP contribution is -2.20. The van der Waals surface area contributed by atoms with Gasteiger partial charge in [0.05, 0.1) is 6.61 Å². The average molecular weight is 409 g/mol. The number of benzene rings is 1. The number of phenols is 1. The number of aromatic hydroxyl groups is 1. The molecule has 0 radical (unpaired) electrons. The molecular formula is C21H28O6S. The predicted molar refractivity (Wildman–Crippen MR) is 109 cm³/mol. The van der Waals surface area contributed by atoms with Crippen LogP contribution in [0, 0.1) is 0 Å². The van der Waals surface area contributed by atoms with Gasteiger partial charge in [-0.1, -0.05) is 41.5 Å². The van der Waals surface area contributed by atoms with Crippen LogP contribution in [-0.2, 0) is 30.0 Å². The van der Waals surface area contributed by atoms with Crippen molar-refractivity contribution in [2.75, 3.05) is 6.61 Å². The Hall–Kier alpha value is -2.15. The van der Waals surface area contributed by atoms with Crippen LogP contribution in [0.3, 0.4) is 0 Å². The van der Waals surface area contributed by atoms with E-state index in [1.54, 1.807) is 19.1 Å². The molecule has 1 aromatic rings. The Morgan fingerprint density at radius 2 is 1.43 bits per heavy atom. The smallest absolute Gasteiger partial charge is 0.313 e. The molecule has 1 rings (SSSR count). The van der Waals surface area contributed by atoms with E-state index in [-0.39, 0.29) is 29.7 Å². The summed E-state index contributed by atoms with van der Waals surface area (Å²) in [6, 6.07) is 3.09. The molecule has 0 aliphatic heterocycles. The highest BCUT2D eigenvalue weighted by Crippen LogP contribution is 2.40. The minimum atomic E-state index is -1.01. The van der Waals surface area contributed by atoms with Crippen LogP contribution in [0.2, 0.25) is 0 Å². The maximum Gasteiger partial charge on any atom is 0.313 e. The third kappa shape index (κ3) is 6.19. The van der Waals surface area contributed by atoms with E-state index in [0.29, 0.717) is 11.1 Å². The minimum absolute atomic E-state index is 0.102. The molecule has 0 aliphatic carbocycles. The largest absolute Gasteiger partial charge is 0.507 e. The molecule has 0 heterocycles. The molecule has 7 heteroatoms. The molecule has 0 amide bonds. The molecule has 0 bridgehead atoms. The van der Waals surface area contributed by atoms with Gasteiger partial charge >= 0.3 is 5.97 Å². The fraction of sp³-hybridized carbons (Fsp3) is 0.524. The summed E-state index contributed by atoms with van der Waals surface area (Å²) in [6.07, 6.45) is -0.691. The number of hydrogen-bond acceptors (Lipinski definition) is 7. The monoisotopic (exact) mass is 408 g/mol. The summed E-state index contributed by atoms with van der Waals surface area (Å²) in [5.74, 6) is -1.67. The minimum Gasteiger partial charge on any atom is -0.507 e. The Kier molecular flexibility index (Phi) is 7.59. The number of thioether (sulfide) groups is 1. The molecule has 28 heavy (non-hydrogen) atoms. The van der Waals surface area contributed by atoms with E-state index in [1.807, 2.05) is 41.5 Å². The second kappa shape index (κ2) is 8.90. The number of hydrogen-bond donors (Lipinski definition) is 1. The molecule has 0 spiro atoms. The third-order valence-corrected chi connectivity index (χ3v) is 4.82. The number of carbonyl (C=O) groups excluding carboxylic acids is 4. The number of esters is 1. The molecule has 1 N–H and O–H groups in total. The summed E-state index contributed by atoms with van der Waals surface area (Å²) in [5.41, 5.74) is 0.502. The van der Waals surface area contributed by atoms with Gasteiger partial charge in [0.2, 0.25) is 10.9 Å². The van der Waals surface area contributed by atoms with E-state index < -0.39 is 39.2 Å². The first-order valence-corrected chi connectivity index (χ1v) is 9.83. The molecule has 0 atom stereocenters. The van der Waals surface area contributed by atoms with Crippen LogP contribution in [0.25, 0.3) is 0 Å². The van der Waals surface area contributed by atoms with E-state index in [4.69, 9.17) is 0 Å². The Labute approximate surface area is 170 Å². The van der Waals surface area contributed by atoms with Crippen LogP contribution >= 0.6 is 11.8 Å². The molecule has 0 saturated heterocycles. The van der Waals surface area contributed by atoms with Gasteiger partial charge in [-0.25, -0.2) is 0 Å². The van der Waals surface area contributed by atoms with Crippen molar-refractivity contribution in [2.45, 2.75) is 65.7 Å². The van der Waals surface area contributed by atoms with Gasteiger partial charge in [0.15, 0.2) is 0 Å². The van der Waals surface area contributed by atoms with Crippen molar-refractivity contribution in [3.63, 3.8) is 0 Å². The molecule has 0 fully saturated rings. The maximum atomic E-state index is 12.6. The molecule has 0 unspecified atom stereocenters. The van der Waals surface area contributed by atoms with Crippen LogP contribution in [0.4, 0.5) is 0 Å². The predicted octanol–water partition coefficient (Wildman–Crippen LogP) is 3.91.